The predicted octanol–water partition coefficient (Wildman–Crippen LogP) is 4.40. The molecule has 1 aliphatic heterocycles. The van der Waals surface area contributed by atoms with E-state index in [9.17, 15) is 4.21 Å². The summed E-state index contributed by atoms with van der Waals surface area (Å²) in [6.45, 7) is 5.88. The normalized spacial score (nSPS) is 19.8. The molecule has 1 aromatic rings. The molecule has 1 aliphatic carbocycles. The monoisotopic (exact) mass is 461 g/mol. The van der Waals surface area contributed by atoms with Gasteiger partial charge in [0.2, 0.25) is 5.89 Å². The highest BCUT2D eigenvalue weighted by Crippen LogP contribution is 2.22. The largest absolute Gasteiger partial charge is 0.492 e. The molecule has 0 bridgehead atoms. The van der Waals surface area contributed by atoms with E-state index in [1.165, 1.54) is 5.57 Å². The van der Waals surface area contributed by atoms with E-state index >= 15 is 0 Å². The summed E-state index contributed by atoms with van der Waals surface area (Å²) in [5.41, 5.74) is 1.24. The Morgan fingerprint density at radius 2 is 2.06 bits per heavy atom. The Bertz CT molecular complexity index is 901. The van der Waals surface area contributed by atoms with Gasteiger partial charge in [0.1, 0.15) is 18.2 Å². The van der Waals surface area contributed by atoms with Crippen LogP contribution in [0.3, 0.4) is 0 Å². The lowest BCUT2D eigenvalue weighted by atomic mass is 10.1. The van der Waals surface area contributed by atoms with Crippen LogP contribution in [0.2, 0.25) is 0 Å². The number of nitrogens with zero attached hydrogens (tertiary/aromatic N) is 3. The fourth-order valence-electron chi connectivity index (χ4n) is 3.42. The Morgan fingerprint density at radius 1 is 1.22 bits per heavy atom. The second-order valence-electron chi connectivity index (χ2n) is 8.38. The van der Waals surface area contributed by atoms with Crippen LogP contribution in [-0.4, -0.2) is 46.1 Å². The van der Waals surface area contributed by atoms with Crippen LogP contribution in [0.15, 0.2) is 44.1 Å². The van der Waals surface area contributed by atoms with Crippen molar-refractivity contribution >= 4 is 22.6 Å². The molecule has 1 aromatic heterocycles. The molecule has 2 aliphatic rings. The van der Waals surface area contributed by atoms with Crippen LogP contribution in [0.1, 0.15) is 70.6 Å². The third kappa shape index (κ3) is 7.93. The molecule has 8 nitrogen and oxygen atoms in total. The van der Waals surface area contributed by atoms with Crippen LogP contribution in [0, 0.1) is 0 Å². The van der Waals surface area contributed by atoms with Crippen molar-refractivity contribution in [2.45, 2.75) is 64.7 Å². The Morgan fingerprint density at radius 3 is 2.78 bits per heavy atom. The van der Waals surface area contributed by atoms with Crippen LogP contribution in [0.5, 0.6) is 0 Å². The molecular formula is C23H35N5O3S. The predicted molar refractivity (Wildman–Crippen MR) is 129 cm³/mol. The van der Waals surface area contributed by atoms with Crippen molar-refractivity contribution < 1.29 is 13.5 Å². The van der Waals surface area contributed by atoms with E-state index in [1.54, 1.807) is 6.26 Å². The maximum Gasteiger partial charge on any atom is 0.263 e. The number of aliphatic imine (C=N–C) groups is 1. The van der Waals surface area contributed by atoms with E-state index < -0.39 is 10.8 Å². The molecule has 1 atom stereocenters. The highest BCUT2D eigenvalue weighted by Gasteiger charge is 2.12. The molecule has 2 heterocycles. The maximum atomic E-state index is 11.6. The van der Waals surface area contributed by atoms with E-state index in [1.807, 2.05) is 26.1 Å². The quantitative estimate of drug-likeness (QED) is 0.526. The van der Waals surface area contributed by atoms with E-state index in [4.69, 9.17) is 14.3 Å². The zero-order chi connectivity index (χ0) is 22.8. The smallest absolute Gasteiger partial charge is 0.263 e. The molecule has 176 valence electrons. The first kappa shape index (κ1) is 24.2. The molecule has 0 fully saturated rings. The number of ether oxygens (including phenoxy) is 1. The highest BCUT2D eigenvalue weighted by molar-refractivity contribution is 7.88. The second kappa shape index (κ2) is 12.6. The lowest BCUT2D eigenvalue weighted by molar-refractivity contribution is 0.222. The minimum Gasteiger partial charge on any atom is -0.492 e. The van der Waals surface area contributed by atoms with Crippen molar-refractivity contribution in [1.29, 1.82) is 0 Å². The summed E-state index contributed by atoms with van der Waals surface area (Å²) in [4.78, 5) is 10.0. The molecule has 0 saturated carbocycles. The van der Waals surface area contributed by atoms with Gasteiger partial charge in [-0.15, -0.1) is 0 Å². The molecule has 0 saturated heterocycles. The van der Waals surface area contributed by atoms with Gasteiger partial charge in [-0.05, 0) is 36.4 Å². The second-order valence-corrected chi connectivity index (χ2v) is 9.82. The van der Waals surface area contributed by atoms with Gasteiger partial charge in [-0.2, -0.15) is 4.98 Å². The van der Waals surface area contributed by atoms with Gasteiger partial charge in [-0.1, -0.05) is 32.4 Å². The first-order chi connectivity index (χ1) is 15.5. The van der Waals surface area contributed by atoms with Crippen molar-refractivity contribution in [3.63, 3.8) is 0 Å². The number of rotatable bonds is 9. The van der Waals surface area contributed by atoms with Crippen molar-refractivity contribution in [1.82, 2.24) is 15.5 Å². The van der Waals surface area contributed by atoms with Crippen LogP contribution in [-0.2, 0) is 15.5 Å². The summed E-state index contributed by atoms with van der Waals surface area (Å²) >= 11 is 0. The third-order valence-electron chi connectivity index (χ3n) is 5.38. The molecule has 0 radical (unpaired) electrons. The number of nitrogens with one attached hydrogen (secondary N) is 2. The average Bonchev–Trinajstić information content (AvgIpc) is 3.29. The van der Waals surface area contributed by atoms with Crippen molar-refractivity contribution in [2.24, 2.45) is 4.99 Å². The van der Waals surface area contributed by atoms with Gasteiger partial charge in [0.05, 0.1) is 6.54 Å². The van der Waals surface area contributed by atoms with Crippen molar-refractivity contribution in [2.75, 3.05) is 31.3 Å². The fraction of sp³-hybridized carbons (Fsp3) is 0.609. The van der Waals surface area contributed by atoms with Crippen LogP contribution in [0.25, 0.3) is 0 Å². The standard InChI is InChI=1S/C23H35N5O3S/c1-17(2)22-27-23(28-31-22)25-14-13-24-21-8-6-4-5-7-19(15-26-21)30-16-18-9-11-20(12-10-18)32(3)29/h9,11,15,17H,4-8,10,12-14,16H2,1-3H3,(H,24,26)(H,25,28). The Labute approximate surface area is 193 Å². The molecule has 0 aromatic carbocycles. The zero-order valence-electron chi connectivity index (χ0n) is 19.4. The van der Waals surface area contributed by atoms with Crippen LogP contribution >= 0.6 is 0 Å². The molecule has 1 unspecified atom stereocenters. The number of amidine groups is 1. The molecule has 0 spiro atoms. The molecule has 0 amide bonds. The number of anilines is 1. The zero-order valence-corrected chi connectivity index (χ0v) is 20.2. The molecule has 32 heavy (non-hydrogen) atoms. The van der Waals surface area contributed by atoms with E-state index in [-0.39, 0.29) is 5.92 Å². The molecular weight excluding hydrogens is 426 g/mol. The maximum absolute atomic E-state index is 11.6. The number of allylic oxidation sites excluding steroid dienone is 4. The van der Waals surface area contributed by atoms with Crippen LogP contribution in [0.4, 0.5) is 5.95 Å². The minimum absolute atomic E-state index is 0.217. The molecule has 9 heteroatoms. The summed E-state index contributed by atoms with van der Waals surface area (Å²) in [6, 6.07) is 0. The number of hydrogen-bond acceptors (Lipinski definition) is 7. The number of aromatic nitrogens is 2. The van der Waals surface area contributed by atoms with Crippen molar-refractivity contribution in [3.8, 4) is 0 Å². The molecule has 2 N–H and O–H groups in total. The Balaban J connectivity index is 1.48. The summed E-state index contributed by atoms with van der Waals surface area (Å²) in [6.07, 6.45) is 14.7. The number of hydrogen-bond donors (Lipinski definition) is 2. The third-order valence-corrected chi connectivity index (χ3v) is 6.46. The summed E-state index contributed by atoms with van der Waals surface area (Å²) in [5, 5.41) is 10.4. The van der Waals surface area contributed by atoms with Crippen LogP contribution < -0.4 is 10.6 Å². The first-order valence-electron chi connectivity index (χ1n) is 11.4. The topological polar surface area (TPSA) is 102 Å². The van der Waals surface area contributed by atoms with Gasteiger partial charge in [0.25, 0.3) is 5.95 Å². The van der Waals surface area contributed by atoms with E-state index in [0.717, 1.165) is 61.4 Å². The minimum atomic E-state index is -0.876. The average molecular weight is 462 g/mol. The fourth-order valence-corrected chi connectivity index (χ4v) is 4.07. The van der Waals surface area contributed by atoms with Gasteiger partial charge in [-0.25, -0.2) is 0 Å². The Hall–Kier alpha value is -2.42. The summed E-state index contributed by atoms with van der Waals surface area (Å²) < 4.78 is 22.9. The van der Waals surface area contributed by atoms with Gasteiger partial charge in [0, 0.05) is 53.5 Å². The van der Waals surface area contributed by atoms with E-state index in [0.29, 0.717) is 31.5 Å². The van der Waals surface area contributed by atoms with E-state index in [2.05, 4.69) is 26.9 Å². The summed E-state index contributed by atoms with van der Waals surface area (Å²) in [7, 11) is -0.876. The summed E-state index contributed by atoms with van der Waals surface area (Å²) in [5.74, 6) is 3.29. The lowest BCUT2D eigenvalue weighted by Gasteiger charge is -2.16. The van der Waals surface area contributed by atoms with Gasteiger partial charge < -0.3 is 19.9 Å². The van der Waals surface area contributed by atoms with Crippen molar-refractivity contribution in [3.05, 3.63) is 40.5 Å². The SMILES string of the molecule is CC(C)c1nc(NCCN=C2CCCCCC(OCC3=CC=C(S(C)=O)CC3)=CN2)no1. The Kier molecular flexibility index (Phi) is 9.52. The molecule has 3 rings (SSSR count). The lowest BCUT2D eigenvalue weighted by Crippen LogP contribution is -2.20. The van der Waals surface area contributed by atoms with Gasteiger partial charge in [0.15, 0.2) is 0 Å². The van der Waals surface area contributed by atoms with Gasteiger partial charge >= 0.3 is 0 Å². The first-order valence-corrected chi connectivity index (χ1v) is 13.0. The highest BCUT2D eigenvalue weighted by atomic mass is 32.2. The van der Waals surface area contributed by atoms with Gasteiger partial charge in [-0.3, -0.25) is 9.20 Å².